The van der Waals surface area contributed by atoms with Gasteiger partial charge in [-0.2, -0.15) is 0 Å². The number of furan rings is 1. The van der Waals surface area contributed by atoms with Crippen molar-refractivity contribution < 1.29 is 19.1 Å². The minimum absolute atomic E-state index is 0.136. The van der Waals surface area contributed by atoms with Crippen LogP contribution in [0.2, 0.25) is 0 Å². The Morgan fingerprint density at radius 2 is 1.84 bits per heavy atom. The summed E-state index contributed by atoms with van der Waals surface area (Å²) in [6.07, 6.45) is 4.82. The van der Waals surface area contributed by atoms with Gasteiger partial charge < -0.3 is 19.4 Å². The number of carbonyl (C=O) groups excluding carboxylic acids is 1. The van der Waals surface area contributed by atoms with E-state index in [2.05, 4.69) is 4.98 Å². The van der Waals surface area contributed by atoms with Crippen LogP contribution in [0.15, 0.2) is 77.5 Å². The van der Waals surface area contributed by atoms with Crippen LogP contribution >= 0.6 is 0 Å². The summed E-state index contributed by atoms with van der Waals surface area (Å²) < 4.78 is 5.42. The minimum atomic E-state index is -0.939. The molecule has 4 aromatic rings. The highest BCUT2D eigenvalue weighted by Gasteiger charge is 2.44. The number of nitrogens with zero attached hydrogens (tertiary/aromatic N) is 1. The van der Waals surface area contributed by atoms with Gasteiger partial charge in [0.25, 0.3) is 5.91 Å². The quantitative estimate of drug-likeness (QED) is 0.476. The number of aromatic nitrogens is 1. The summed E-state index contributed by atoms with van der Waals surface area (Å²) in [7, 11) is 0. The largest absolute Gasteiger partial charge is 0.481 e. The van der Waals surface area contributed by atoms with E-state index >= 15 is 0 Å². The lowest BCUT2D eigenvalue weighted by molar-refractivity contribution is -0.140. The number of carboxylic acid groups (broad SMARTS) is 1. The van der Waals surface area contributed by atoms with Crippen LogP contribution in [-0.2, 0) is 11.2 Å². The third-order valence-corrected chi connectivity index (χ3v) is 6.05. The van der Waals surface area contributed by atoms with Crippen molar-refractivity contribution in [3.05, 3.63) is 95.6 Å². The summed E-state index contributed by atoms with van der Waals surface area (Å²) in [6.45, 7) is 0.432. The van der Waals surface area contributed by atoms with E-state index in [4.69, 9.17) is 4.42 Å². The maximum Gasteiger partial charge on any atom is 0.313 e. The van der Waals surface area contributed by atoms with Crippen LogP contribution in [-0.4, -0.2) is 33.4 Å². The van der Waals surface area contributed by atoms with Gasteiger partial charge in [0.05, 0.1) is 12.3 Å². The first-order chi connectivity index (χ1) is 15.1. The van der Waals surface area contributed by atoms with Crippen molar-refractivity contribution in [2.24, 2.45) is 0 Å². The molecular weight excluding hydrogens is 392 g/mol. The second-order valence-electron chi connectivity index (χ2n) is 7.82. The fraction of sp³-hybridized carbons (Fsp3) is 0.200. The molecule has 1 aliphatic heterocycles. The average molecular weight is 414 g/mol. The molecule has 156 valence electrons. The van der Waals surface area contributed by atoms with Gasteiger partial charge in [-0.15, -0.1) is 0 Å². The fourth-order valence-electron chi connectivity index (χ4n) is 4.67. The third-order valence-electron chi connectivity index (χ3n) is 6.05. The highest BCUT2D eigenvalue weighted by Crippen LogP contribution is 2.44. The van der Waals surface area contributed by atoms with Gasteiger partial charge in [0.1, 0.15) is 11.7 Å². The van der Waals surface area contributed by atoms with Crippen LogP contribution in [0.3, 0.4) is 0 Å². The van der Waals surface area contributed by atoms with Crippen LogP contribution in [0.5, 0.6) is 0 Å². The standard InChI is InChI=1S/C25H22N2O4/c28-24-19-11-2-1-10-18(19)22(25(29)30)23(20-15-26-21-12-4-3-9-17(20)21)27(24)13-5-7-16-8-6-14-31-16/h1-4,6,8-12,14-15,22-23,26H,5,7,13H2,(H,29,30). The van der Waals surface area contributed by atoms with Crippen molar-refractivity contribution >= 4 is 22.8 Å². The van der Waals surface area contributed by atoms with Crippen molar-refractivity contribution in [3.63, 3.8) is 0 Å². The summed E-state index contributed by atoms with van der Waals surface area (Å²) in [5, 5.41) is 11.2. The lowest BCUT2D eigenvalue weighted by Crippen LogP contribution is -2.45. The van der Waals surface area contributed by atoms with Gasteiger partial charge in [0.2, 0.25) is 0 Å². The first-order valence-corrected chi connectivity index (χ1v) is 10.4. The zero-order valence-electron chi connectivity index (χ0n) is 16.8. The molecule has 0 bridgehead atoms. The molecule has 2 unspecified atom stereocenters. The molecule has 0 fully saturated rings. The number of carboxylic acids is 1. The topological polar surface area (TPSA) is 86.5 Å². The van der Waals surface area contributed by atoms with Gasteiger partial charge in [-0.05, 0) is 36.2 Å². The first-order valence-electron chi connectivity index (χ1n) is 10.4. The van der Waals surface area contributed by atoms with E-state index in [1.807, 2.05) is 42.6 Å². The summed E-state index contributed by atoms with van der Waals surface area (Å²) in [5.41, 5.74) is 2.77. The predicted molar refractivity (Wildman–Crippen MR) is 116 cm³/mol. The van der Waals surface area contributed by atoms with Crippen LogP contribution in [0.1, 0.15) is 45.6 Å². The van der Waals surface area contributed by atoms with Crippen molar-refractivity contribution in [1.29, 1.82) is 0 Å². The first kappa shape index (κ1) is 19.2. The minimum Gasteiger partial charge on any atom is -0.481 e. The lowest BCUT2D eigenvalue weighted by atomic mass is 9.79. The van der Waals surface area contributed by atoms with Crippen LogP contribution in [0.25, 0.3) is 10.9 Å². The summed E-state index contributed by atoms with van der Waals surface area (Å²) in [5.74, 6) is -1.07. The third kappa shape index (κ3) is 3.30. The van der Waals surface area contributed by atoms with Gasteiger partial charge >= 0.3 is 5.97 Å². The Hall–Kier alpha value is -3.80. The van der Waals surface area contributed by atoms with E-state index in [0.29, 0.717) is 30.5 Å². The summed E-state index contributed by atoms with van der Waals surface area (Å²) >= 11 is 0. The fourth-order valence-corrected chi connectivity index (χ4v) is 4.67. The van der Waals surface area contributed by atoms with Crippen molar-refractivity contribution in [3.8, 4) is 0 Å². The van der Waals surface area contributed by atoms with Crippen LogP contribution in [0, 0.1) is 0 Å². The number of benzene rings is 2. The number of rotatable bonds is 6. The molecule has 0 aliphatic carbocycles. The highest BCUT2D eigenvalue weighted by molar-refractivity contribution is 6.01. The monoisotopic (exact) mass is 414 g/mol. The summed E-state index contributed by atoms with van der Waals surface area (Å²) in [4.78, 5) is 31.0. The molecule has 31 heavy (non-hydrogen) atoms. The number of fused-ring (bicyclic) bond motifs is 2. The lowest BCUT2D eigenvalue weighted by Gasteiger charge is -2.40. The maximum absolute atomic E-state index is 13.5. The normalized spacial score (nSPS) is 18.3. The molecule has 3 heterocycles. The maximum atomic E-state index is 13.5. The zero-order valence-corrected chi connectivity index (χ0v) is 16.8. The molecule has 0 radical (unpaired) electrons. The molecule has 6 heteroatoms. The Balaban J connectivity index is 1.60. The molecule has 2 aromatic heterocycles. The number of H-pyrrole nitrogens is 1. The molecule has 2 atom stereocenters. The molecule has 1 amide bonds. The summed E-state index contributed by atoms with van der Waals surface area (Å²) in [6, 6.07) is 18.0. The number of aryl methyl sites for hydroxylation is 1. The number of nitrogens with one attached hydrogen (secondary N) is 1. The van der Waals surface area contributed by atoms with E-state index in [-0.39, 0.29) is 5.91 Å². The highest BCUT2D eigenvalue weighted by atomic mass is 16.4. The Morgan fingerprint density at radius 1 is 1.03 bits per heavy atom. The number of aromatic amines is 1. The predicted octanol–water partition coefficient (Wildman–Crippen LogP) is 4.76. The molecule has 0 spiro atoms. The molecule has 0 saturated carbocycles. The molecule has 6 nitrogen and oxygen atoms in total. The van der Waals surface area contributed by atoms with E-state index in [0.717, 1.165) is 22.2 Å². The van der Waals surface area contributed by atoms with E-state index < -0.39 is 17.9 Å². The van der Waals surface area contributed by atoms with Gasteiger partial charge in [-0.1, -0.05) is 36.4 Å². The average Bonchev–Trinajstić information content (AvgIpc) is 3.45. The van der Waals surface area contributed by atoms with E-state index in [1.165, 1.54) is 0 Å². The Morgan fingerprint density at radius 3 is 2.65 bits per heavy atom. The number of aliphatic carboxylic acids is 1. The number of carbonyl (C=O) groups is 2. The van der Waals surface area contributed by atoms with Crippen molar-refractivity contribution in [2.75, 3.05) is 6.54 Å². The molecule has 0 saturated heterocycles. The Kier molecular flexibility index (Phi) is 4.82. The molecule has 2 aromatic carbocycles. The molecular formula is C25H22N2O4. The van der Waals surface area contributed by atoms with Gasteiger partial charge in [-0.25, -0.2) is 0 Å². The SMILES string of the molecule is O=C(O)C1c2ccccc2C(=O)N(CCCc2ccco2)C1c1c[nH]c2ccccc12. The van der Waals surface area contributed by atoms with Crippen LogP contribution < -0.4 is 0 Å². The van der Waals surface area contributed by atoms with Crippen molar-refractivity contribution in [1.82, 2.24) is 9.88 Å². The Labute approximate surface area is 179 Å². The molecule has 5 rings (SSSR count). The van der Waals surface area contributed by atoms with E-state index in [9.17, 15) is 14.7 Å². The number of hydrogen-bond acceptors (Lipinski definition) is 3. The Bertz CT molecular complexity index is 1240. The van der Waals surface area contributed by atoms with Crippen LogP contribution in [0.4, 0.5) is 0 Å². The number of hydrogen-bond donors (Lipinski definition) is 2. The van der Waals surface area contributed by atoms with Gasteiger partial charge in [0.15, 0.2) is 0 Å². The van der Waals surface area contributed by atoms with Crippen molar-refractivity contribution in [2.45, 2.75) is 24.8 Å². The number of para-hydroxylation sites is 1. The molecule has 2 N–H and O–H groups in total. The van der Waals surface area contributed by atoms with Gasteiger partial charge in [0, 0.05) is 41.2 Å². The van der Waals surface area contributed by atoms with Gasteiger partial charge in [-0.3, -0.25) is 9.59 Å². The second kappa shape index (κ2) is 7.80. The smallest absolute Gasteiger partial charge is 0.313 e. The van der Waals surface area contributed by atoms with E-state index in [1.54, 1.807) is 35.4 Å². The number of amides is 1. The zero-order chi connectivity index (χ0) is 21.4. The molecule has 1 aliphatic rings. The second-order valence-corrected chi connectivity index (χ2v) is 7.82.